The number of nitrogens with zero attached hydrogens (tertiary/aromatic N) is 4. The molecule has 4 N–H and O–H groups in total. The minimum absolute atomic E-state index is 0.241. The molecule has 9 nitrogen and oxygen atoms in total. The average Bonchev–Trinajstić information content (AvgIpc) is 3.35. The van der Waals surface area contributed by atoms with Crippen LogP contribution in [-0.4, -0.2) is 69.9 Å². The SMILES string of the molecule is CN1CCN(c2ccc3nc(-c4n[nH]c5cc(NC(=O)NC(C)(C)C)ccc45)[nH]c3c2)CC1. The molecule has 5 rings (SSSR count). The van der Waals surface area contributed by atoms with Gasteiger partial charge in [0.05, 0.1) is 16.6 Å². The van der Waals surface area contributed by atoms with Gasteiger partial charge in [-0.15, -0.1) is 0 Å². The molecule has 1 saturated heterocycles. The van der Waals surface area contributed by atoms with Crippen LogP contribution in [0, 0.1) is 0 Å². The van der Waals surface area contributed by atoms with Gasteiger partial charge in [-0.05, 0) is 64.2 Å². The number of rotatable bonds is 3. The number of nitrogens with one attached hydrogen (secondary N) is 4. The van der Waals surface area contributed by atoms with Gasteiger partial charge < -0.3 is 25.4 Å². The lowest BCUT2D eigenvalue weighted by molar-refractivity contribution is 0.244. The fourth-order valence-electron chi connectivity index (χ4n) is 4.15. The first-order chi connectivity index (χ1) is 15.7. The first-order valence-corrected chi connectivity index (χ1v) is 11.3. The van der Waals surface area contributed by atoms with Crippen LogP contribution in [0.3, 0.4) is 0 Å². The van der Waals surface area contributed by atoms with Gasteiger partial charge in [0.15, 0.2) is 5.82 Å². The maximum absolute atomic E-state index is 12.2. The molecule has 0 atom stereocenters. The quantitative estimate of drug-likeness (QED) is 0.383. The summed E-state index contributed by atoms with van der Waals surface area (Å²) in [7, 11) is 2.16. The number of carbonyl (C=O) groups excluding carboxylic acids is 1. The summed E-state index contributed by atoms with van der Waals surface area (Å²) in [6, 6.07) is 11.8. The Morgan fingerprint density at radius 3 is 2.58 bits per heavy atom. The second kappa shape index (κ2) is 8.08. The molecule has 2 aromatic heterocycles. The van der Waals surface area contributed by atoms with Gasteiger partial charge in [-0.1, -0.05) is 0 Å². The van der Waals surface area contributed by atoms with Crippen molar-refractivity contribution in [1.29, 1.82) is 0 Å². The number of benzene rings is 2. The Bertz CT molecular complexity index is 1310. The third kappa shape index (κ3) is 4.49. The number of carbonyl (C=O) groups is 1. The topological polar surface area (TPSA) is 105 Å². The van der Waals surface area contributed by atoms with E-state index in [2.05, 4.69) is 60.9 Å². The smallest absolute Gasteiger partial charge is 0.319 e. The van der Waals surface area contributed by atoms with E-state index in [-0.39, 0.29) is 11.6 Å². The minimum atomic E-state index is -0.305. The van der Waals surface area contributed by atoms with Gasteiger partial charge in [-0.2, -0.15) is 5.10 Å². The first kappa shape index (κ1) is 21.3. The molecular formula is C24H30N8O. The highest BCUT2D eigenvalue weighted by molar-refractivity contribution is 5.97. The molecule has 0 saturated carbocycles. The summed E-state index contributed by atoms with van der Waals surface area (Å²) in [6.45, 7) is 10.0. The zero-order valence-electron chi connectivity index (χ0n) is 19.5. The number of amides is 2. The molecule has 2 amide bonds. The van der Waals surface area contributed by atoms with Crippen LogP contribution >= 0.6 is 0 Å². The number of imidazole rings is 1. The van der Waals surface area contributed by atoms with Gasteiger partial charge >= 0.3 is 6.03 Å². The Balaban J connectivity index is 1.39. The van der Waals surface area contributed by atoms with E-state index < -0.39 is 0 Å². The predicted molar refractivity (Wildman–Crippen MR) is 133 cm³/mol. The Kier molecular flexibility index (Phi) is 5.20. The number of anilines is 2. The summed E-state index contributed by atoms with van der Waals surface area (Å²) in [6.07, 6.45) is 0. The summed E-state index contributed by atoms with van der Waals surface area (Å²) in [5.41, 5.74) is 5.10. The number of hydrogen-bond acceptors (Lipinski definition) is 5. The molecular weight excluding hydrogens is 416 g/mol. The van der Waals surface area contributed by atoms with Gasteiger partial charge in [0.25, 0.3) is 0 Å². The molecule has 0 unspecified atom stereocenters. The molecule has 33 heavy (non-hydrogen) atoms. The van der Waals surface area contributed by atoms with Crippen molar-refractivity contribution >= 4 is 39.3 Å². The molecule has 0 bridgehead atoms. The van der Waals surface area contributed by atoms with Crippen LogP contribution in [-0.2, 0) is 0 Å². The van der Waals surface area contributed by atoms with Gasteiger partial charge in [0.2, 0.25) is 0 Å². The fraction of sp³-hybridized carbons (Fsp3) is 0.375. The number of piperazine rings is 1. The third-order valence-corrected chi connectivity index (χ3v) is 5.87. The highest BCUT2D eigenvalue weighted by Crippen LogP contribution is 2.29. The van der Waals surface area contributed by atoms with Crippen molar-refractivity contribution in [1.82, 2.24) is 30.4 Å². The van der Waals surface area contributed by atoms with Crippen LogP contribution in [0.15, 0.2) is 36.4 Å². The molecule has 172 valence electrons. The van der Waals surface area contributed by atoms with E-state index in [1.807, 2.05) is 39.0 Å². The zero-order chi connectivity index (χ0) is 23.2. The van der Waals surface area contributed by atoms with Crippen molar-refractivity contribution in [3.05, 3.63) is 36.4 Å². The average molecular weight is 447 g/mol. The monoisotopic (exact) mass is 446 g/mol. The van der Waals surface area contributed by atoms with Crippen LogP contribution < -0.4 is 15.5 Å². The van der Waals surface area contributed by atoms with Crippen LogP contribution in [0.5, 0.6) is 0 Å². The number of urea groups is 1. The van der Waals surface area contributed by atoms with E-state index in [0.717, 1.165) is 59.6 Å². The highest BCUT2D eigenvalue weighted by atomic mass is 16.2. The van der Waals surface area contributed by atoms with E-state index in [4.69, 9.17) is 4.98 Å². The van der Waals surface area contributed by atoms with Crippen LogP contribution in [0.1, 0.15) is 20.8 Å². The van der Waals surface area contributed by atoms with Gasteiger partial charge in [0.1, 0.15) is 5.69 Å². The standard InChI is InChI=1S/C24H30N8O/c1-24(2,3)28-23(33)25-15-5-7-17-19(13-15)29-30-21(17)22-26-18-8-6-16(14-20(18)27-22)32-11-9-31(4)10-12-32/h5-8,13-14H,9-12H2,1-4H3,(H,26,27)(H,29,30)(H2,25,28,33). The minimum Gasteiger partial charge on any atom is -0.369 e. The van der Waals surface area contributed by atoms with Crippen molar-refractivity contribution < 1.29 is 4.79 Å². The summed E-state index contributed by atoms with van der Waals surface area (Å²) in [5, 5.41) is 14.3. The number of fused-ring (bicyclic) bond motifs is 2. The summed E-state index contributed by atoms with van der Waals surface area (Å²) in [4.78, 5) is 25.2. The number of aromatic amines is 2. The predicted octanol–water partition coefficient (Wildman–Crippen LogP) is 3.78. The molecule has 1 aliphatic heterocycles. The third-order valence-electron chi connectivity index (χ3n) is 5.87. The second-order valence-electron chi connectivity index (χ2n) is 9.74. The Morgan fingerprint density at radius 1 is 1.03 bits per heavy atom. The molecule has 3 heterocycles. The molecule has 2 aromatic carbocycles. The lowest BCUT2D eigenvalue weighted by Crippen LogP contribution is -2.44. The zero-order valence-corrected chi connectivity index (χ0v) is 19.5. The highest BCUT2D eigenvalue weighted by Gasteiger charge is 2.18. The molecule has 0 spiro atoms. The fourth-order valence-corrected chi connectivity index (χ4v) is 4.15. The van der Waals surface area contributed by atoms with Gasteiger partial charge in [0, 0.05) is 48.5 Å². The molecule has 9 heteroatoms. The summed E-state index contributed by atoms with van der Waals surface area (Å²) in [5.74, 6) is 0.720. The van der Waals surface area contributed by atoms with Crippen molar-refractivity contribution in [3.8, 4) is 11.5 Å². The summed E-state index contributed by atoms with van der Waals surface area (Å²) >= 11 is 0. The molecule has 0 aliphatic carbocycles. The lowest BCUT2D eigenvalue weighted by Gasteiger charge is -2.34. The first-order valence-electron chi connectivity index (χ1n) is 11.3. The molecule has 4 aromatic rings. The summed E-state index contributed by atoms with van der Waals surface area (Å²) < 4.78 is 0. The normalized spacial score (nSPS) is 15.3. The Labute approximate surface area is 192 Å². The van der Waals surface area contributed by atoms with E-state index in [1.54, 1.807) is 0 Å². The largest absolute Gasteiger partial charge is 0.369 e. The Hall–Kier alpha value is -3.59. The lowest BCUT2D eigenvalue weighted by atomic mass is 10.1. The van der Waals surface area contributed by atoms with Gasteiger partial charge in [-0.25, -0.2) is 9.78 Å². The number of aromatic nitrogens is 4. The number of H-pyrrole nitrogens is 2. The van der Waals surface area contributed by atoms with Crippen molar-refractivity contribution in [2.75, 3.05) is 43.4 Å². The van der Waals surface area contributed by atoms with E-state index in [9.17, 15) is 4.79 Å². The second-order valence-corrected chi connectivity index (χ2v) is 9.74. The van der Waals surface area contributed by atoms with E-state index >= 15 is 0 Å². The van der Waals surface area contributed by atoms with Crippen LogP contribution in [0.25, 0.3) is 33.5 Å². The number of likely N-dealkylation sites (N-methyl/N-ethyl adjacent to an activating group) is 1. The van der Waals surface area contributed by atoms with Gasteiger partial charge in [-0.3, -0.25) is 5.10 Å². The Morgan fingerprint density at radius 2 is 1.82 bits per heavy atom. The van der Waals surface area contributed by atoms with Crippen LogP contribution in [0.2, 0.25) is 0 Å². The van der Waals surface area contributed by atoms with Crippen molar-refractivity contribution in [2.24, 2.45) is 0 Å². The molecule has 1 fully saturated rings. The van der Waals surface area contributed by atoms with Crippen molar-refractivity contribution in [3.63, 3.8) is 0 Å². The van der Waals surface area contributed by atoms with Crippen molar-refractivity contribution in [2.45, 2.75) is 26.3 Å². The molecule has 1 aliphatic rings. The molecule has 0 radical (unpaired) electrons. The van der Waals surface area contributed by atoms with E-state index in [1.165, 1.54) is 5.69 Å². The number of hydrogen-bond donors (Lipinski definition) is 4. The van der Waals surface area contributed by atoms with E-state index in [0.29, 0.717) is 5.69 Å². The maximum Gasteiger partial charge on any atom is 0.319 e. The maximum atomic E-state index is 12.2. The van der Waals surface area contributed by atoms with Crippen LogP contribution in [0.4, 0.5) is 16.2 Å².